The summed E-state index contributed by atoms with van der Waals surface area (Å²) in [6.45, 7) is 1.72. The number of aryl methyl sites for hydroxylation is 1. The average molecular weight is 238 g/mol. The molecule has 2 nitrogen and oxygen atoms in total. The first-order valence-corrected chi connectivity index (χ1v) is 5.24. The van der Waals surface area contributed by atoms with Gasteiger partial charge in [0.25, 0.3) is 0 Å². The van der Waals surface area contributed by atoms with E-state index in [2.05, 4.69) is 0 Å². The Bertz CT molecular complexity index is 520. The van der Waals surface area contributed by atoms with Gasteiger partial charge < -0.3 is 9.52 Å². The molecular formula is C13H12F2O2. The molecule has 1 heterocycles. The van der Waals surface area contributed by atoms with Gasteiger partial charge in [-0.1, -0.05) is 6.07 Å². The van der Waals surface area contributed by atoms with Crippen molar-refractivity contribution in [3.63, 3.8) is 0 Å². The van der Waals surface area contributed by atoms with Crippen LogP contribution in [-0.4, -0.2) is 5.11 Å². The van der Waals surface area contributed by atoms with E-state index in [9.17, 15) is 13.9 Å². The van der Waals surface area contributed by atoms with Crippen LogP contribution in [0, 0.1) is 18.6 Å². The van der Waals surface area contributed by atoms with E-state index >= 15 is 0 Å². The van der Waals surface area contributed by atoms with E-state index in [1.807, 2.05) is 0 Å². The van der Waals surface area contributed by atoms with E-state index in [0.717, 1.165) is 6.07 Å². The Labute approximate surface area is 97.5 Å². The average Bonchev–Trinajstić information content (AvgIpc) is 2.68. The molecule has 1 aromatic heterocycles. The molecule has 2 rings (SSSR count). The fourth-order valence-electron chi connectivity index (χ4n) is 1.75. The topological polar surface area (TPSA) is 33.4 Å². The molecule has 0 saturated carbocycles. The van der Waals surface area contributed by atoms with Gasteiger partial charge in [-0.05, 0) is 24.6 Å². The van der Waals surface area contributed by atoms with Gasteiger partial charge in [-0.2, -0.15) is 0 Å². The monoisotopic (exact) mass is 238 g/mol. The summed E-state index contributed by atoms with van der Waals surface area (Å²) < 4.78 is 31.1. The van der Waals surface area contributed by atoms with Crippen LogP contribution in [0.2, 0.25) is 0 Å². The lowest BCUT2D eigenvalue weighted by Crippen LogP contribution is -2.04. The van der Waals surface area contributed by atoms with E-state index < -0.39 is 17.7 Å². The van der Waals surface area contributed by atoms with Gasteiger partial charge in [0.1, 0.15) is 17.4 Å². The zero-order chi connectivity index (χ0) is 12.4. The molecule has 0 radical (unpaired) electrons. The molecule has 2 aromatic rings. The number of aliphatic hydroxyl groups is 1. The van der Waals surface area contributed by atoms with Crippen molar-refractivity contribution in [3.05, 3.63) is 59.1 Å². The van der Waals surface area contributed by atoms with Crippen LogP contribution in [-0.2, 0) is 6.42 Å². The van der Waals surface area contributed by atoms with Crippen molar-refractivity contribution >= 4 is 0 Å². The van der Waals surface area contributed by atoms with E-state index in [-0.39, 0.29) is 12.0 Å². The highest BCUT2D eigenvalue weighted by atomic mass is 19.1. The lowest BCUT2D eigenvalue weighted by Gasteiger charge is -2.10. The largest absolute Gasteiger partial charge is 0.469 e. The normalized spacial score (nSPS) is 12.7. The molecule has 0 aliphatic rings. The van der Waals surface area contributed by atoms with E-state index in [4.69, 9.17) is 4.42 Å². The summed E-state index contributed by atoms with van der Waals surface area (Å²) in [4.78, 5) is 0. The lowest BCUT2D eigenvalue weighted by molar-refractivity contribution is 0.175. The van der Waals surface area contributed by atoms with E-state index in [0.29, 0.717) is 11.3 Å². The molecule has 0 amide bonds. The summed E-state index contributed by atoms with van der Waals surface area (Å²) in [6, 6.07) is 4.96. The van der Waals surface area contributed by atoms with Crippen LogP contribution in [0.1, 0.15) is 23.0 Å². The highest BCUT2D eigenvalue weighted by molar-refractivity contribution is 5.24. The van der Waals surface area contributed by atoms with Crippen LogP contribution < -0.4 is 0 Å². The van der Waals surface area contributed by atoms with Crippen molar-refractivity contribution in [1.29, 1.82) is 0 Å². The third kappa shape index (κ3) is 2.53. The Morgan fingerprint density at radius 2 is 2.06 bits per heavy atom. The van der Waals surface area contributed by atoms with Crippen LogP contribution in [0.15, 0.2) is 34.9 Å². The van der Waals surface area contributed by atoms with E-state index in [1.54, 1.807) is 13.0 Å². The number of rotatable bonds is 3. The standard InChI is InChI=1S/C13H12F2O2/c1-8-11(4-5-17-8)13(16)6-9-2-3-10(14)7-12(9)15/h2-5,7,13,16H,6H2,1H3. The summed E-state index contributed by atoms with van der Waals surface area (Å²) in [5.41, 5.74) is 0.897. The highest BCUT2D eigenvalue weighted by Gasteiger charge is 2.15. The van der Waals surface area contributed by atoms with Gasteiger partial charge in [0.2, 0.25) is 0 Å². The first-order valence-electron chi connectivity index (χ1n) is 5.24. The molecule has 0 aliphatic heterocycles. The van der Waals surface area contributed by atoms with Crippen molar-refractivity contribution in [2.45, 2.75) is 19.4 Å². The number of hydrogen-bond donors (Lipinski definition) is 1. The van der Waals surface area contributed by atoms with Crippen molar-refractivity contribution in [3.8, 4) is 0 Å². The summed E-state index contributed by atoms with van der Waals surface area (Å²) >= 11 is 0. The van der Waals surface area contributed by atoms with Crippen LogP contribution in [0.4, 0.5) is 8.78 Å². The first-order chi connectivity index (χ1) is 8.08. The highest BCUT2D eigenvalue weighted by Crippen LogP contribution is 2.23. The van der Waals surface area contributed by atoms with Crippen molar-refractivity contribution in [1.82, 2.24) is 0 Å². The maximum Gasteiger partial charge on any atom is 0.129 e. The number of furan rings is 1. The Kier molecular flexibility index (Phi) is 3.24. The first kappa shape index (κ1) is 11.8. The Morgan fingerprint density at radius 3 is 2.65 bits per heavy atom. The Morgan fingerprint density at radius 1 is 1.29 bits per heavy atom. The van der Waals surface area contributed by atoms with Gasteiger partial charge in [0.15, 0.2) is 0 Å². The molecule has 4 heteroatoms. The zero-order valence-electron chi connectivity index (χ0n) is 9.28. The van der Waals surface area contributed by atoms with Gasteiger partial charge in [-0.3, -0.25) is 0 Å². The van der Waals surface area contributed by atoms with Gasteiger partial charge in [-0.25, -0.2) is 8.78 Å². The molecule has 0 saturated heterocycles. The molecule has 1 N–H and O–H groups in total. The fourth-order valence-corrected chi connectivity index (χ4v) is 1.75. The fraction of sp³-hybridized carbons (Fsp3) is 0.231. The van der Waals surface area contributed by atoms with Crippen molar-refractivity contribution < 1.29 is 18.3 Å². The van der Waals surface area contributed by atoms with Gasteiger partial charge >= 0.3 is 0 Å². The number of aliphatic hydroxyl groups excluding tert-OH is 1. The molecule has 0 aliphatic carbocycles. The zero-order valence-corrected chi connectivity index (χ0v) is 9.28. The Balaban J connectivity index is 2.19. The molecule has 0 spiro atoms. The molecule has 1 aromatic carbocycles. The van der Waals surface area contributed by atoms with Gasteiger partial charge in [-0.15, -0.1) is 0 Å². The SMILES string of the molecule is Cc1occc1C(O)Cc1ccc(F)cc1F. The molecule has 0 fully saturated rings. The summed E-state index contributed by atoms with van der Waals surface area (Å²) in [7, 11) is 0. The van der Waals surface area contributed by atoms with Crippen LogP contribution in [0.5, 0.6) is 0 Å². The van der Waals surface area contributed by atoms with E-state index in [1.165, 1.54) is 18.4 Å². The summed E-state index contributed by atoms with van der Waals surface area (Å²) in [5.74, 6) is -0.676. The predicted molar refractivity (Wildman–Crippen MR) is 58.5 cm³/mol. The van der Waals surface area contributed by atoms with Crippen LogP contribution >= 0.6 is 0 Å². The van der Waals surface area contributed by atoms with Crippen LogP contribution in [0.25, 0.3) is 0 Å². The van der Waals surface area contributed by atoms with Crippen LogP contribution in [0.3, 0.4) is 0 Å². The maximum absolute atomic E-state index is 13.4. The molecule has 1 unspecified atom stereocenters. The number of hydrogen-bond acceptors (Lipinski definition) is 2. The molecular weight excluding hydrogens is 226 g/mol. The second kappa shape index (κ2) is 4.67. The molecule has 90 valence electrons. The second-order valence-electron chi connectivity index (χ2n) is 3.89. The van der Waals surface area contributed by atoms with Gasteiger partial charge in [0.05, 0.1) is 12.4 Å². The third-order valence-electron chi connectivity index (χ3n) is 2.69. The third-order valence-corrected chi connectivity index (χ3v) is 2.69. The minimum absolute atomic E-state index is 0.0898. The minimum atomic E-state index is -0.853. The predicted octanol–water partition coefficient (Wildman–Crippen LogP) is 3.14. The maximum atomic E-state index is 13.4. The summed E-state index contributed by atoms with van der Waals surface area (Å²) in [6.07, 6.45) is 0.704. The van der Waals surface area contributed by atoms with Crippen molar-refractivity contribution in [2.75, 3.05) is 0 Å². The van der Waals surface area contributed by atoms with Crippen molar-refractivity contribution in [2.24, 2.45) is 0 Å². The second-order valence-corrected chi connectivity index (χ2v) is 3.89. The quantitative estimate of drug-likeness (QED) is 0.891. The molecule has 0 bridgehead atoms. The number of halogens is 2. The smallest absolute Gasteiger partial charge is 0.129 e. The Hall–Kier alpha value is -1.68. The minimum Gasteiger partial charge on any atom is -0.469 e. The summed E-state index contributed by atoms with van der Waals surface area (Å²) in [5, 5.41) is 9.92. The molecule has 1 atom stereocenters. The molecule has 17 heavy (non-hydrogen) atoms. The number of benzene rings is 1. The van der Waals surface area contributed by atoms with Gasteiger partial charge in [0, 0.05) is 18.1 Å². The lowest BCUT2D eigenvalue weighted by atomic mass is 10.0.